The predicted octanol–water partition coefficient (Wildman–Crippen LogP) is 1.16. The number of nitrogens with zero attached hydrogens (tertiary/aromatic N) is 2. The van der Waals surface area contributed by atoms with E-state index in [-0.39, 0.29) is 30.7 Å². The molecule has 5 nitrogen and oxygen atoms in total. The lowest BCUT2D eigenvalue weighted by Gasteiger charge is -2.23. The van der Waals surface area contributed by atoms with Crippen molar-refractivity contribution >= 4 is 0 Å². The van der Waals surface area contributed by atoms with E-state index in [1.165, 1.54) is 6.07 Å². The molecule has 0 aliphatic carbocycles. The summed E-state index contributed by atoms with van der Waals surface area (Å²) < 4.78 is 43.6. The molecule has 1 aliphatic rings. The van der Waals surface area contributed by atoms with Crippen molar-refractivity contribution in [1.29, 1.82) is 0 Å². The van der Waals surface area contributed by atoms with Gasteiger partial charge in [0.25, 0.3) is 0 Å². The Kier molecular flexibility index (Phi) is 4.77. The minimum absolute atomic E-state index is 0.0359. The van der Waals surface area contributed by atoms with E-state index in [4.69, 9.17) is 9.84 Å². The third-order valence-electron chi connectivity index (χ3n) is 2.95. The second-order valence-electron chi connectivity index (χ2n) is 4.56. The first-order chi connectivity index (χ1) is 9.49. The summed E-state index contributed by atoms with van der Waals surface area (Å²) in [6.45, 7) is 1.26. The molecule has 20 heavy (non-hydrogen) atoms. The number of aliphatic hydroxyl groups excluding tert-OH is 1. The SMILES string of the molecule is OCCc1cc(OC2CCNCC2)nc(C(F)(F)F)n1. The van der Waals surface area contributed by atoms with E-state index in [1.807, 2.05) is 0 Å². The first-order valence-electron chi connectivity index (χ1n) is 6.42. The van der Waals surface area contributed by atoms with Crippen LogP contribution in [0.5, 0.6) is 5.88 Å². The number of rotatable bonds is 4. The smallest absolute Gasteiger partial charge is 0.451 e. The Balaban J connectivity index is 2.19. The molecule has 1 aliphatic heterocycles. The fourth-order valence-corrected chi connectivity index (χ4v) is 1.99. The molecule has 1 aromatic heterocycles. The summed E-state index contributed by atoms with van der Waals surface area (Å²) in [6, 6.07) is 1.35. The third-order valence-corrected chi connectivity index (χ3v) is 2.95. The molecule has 0 atom stereocenters. The number of piperidine rings is 1. The number of alkyl halides is 3. The second kappa shape index (κ2) is 6.36. The minimum Gasteiger partial charge on any atom is -0.474 e. The van der Waals surface area contributed by atoms with Crippen LogP contribution in [-0.4, -0.2) is 40.9 Å². The van der Waals surface area contributed by atoms with Crippen LogP contribution in [0.4, 0.5) is 13.2 Å². The van der Waals surface area contributed by atoms with Crippen molar-refractivity contribution in [3.05, 3.63) is 17.6 Å². The van der Waals surface area contributed by atoms with Gasteiger partial charge >= 0.3 is 6.18 Å². The number of nitrogens with one attached hydrogen (secondary N) is 1. The quantitative estimate of drug-likeness (QED) is 0.871. The number of hydrogen-bond donors (Lipinski definition) is 2. The molecular formula is C12H16F3N3O2. The summed E-state index contributed by atoms with van der Waals surface area (Å²) in [4.78, 5) is 6.82. The summed E-state index contributed by atoms with van der Waals surface area (Å²) in [5.41, 5.74) is 0.124. The molecule has 2 rings (SSSR count). The van der Waals surface area contributed by atoms with Crippen LogP contribution in [0.3, 0.4) is 0 Å². The van der Waals surface area contributed by atoms with Gasteiger partial charge in [-0.25, -0.2) is 4.98 Å². The largest absolute Gasteiger partial charge is 0.474 e. The van der Waals surface area contributed by atoms with E-state index in [0.29, 0.717) is 0 Å². The van der Waals surface area contributed by atoms with E-state index >= 15 is 0 Å². The summed E-state index contributed by atoms with van der Waals surface area (Å²) in [7, 11) is 0. The van der Waals surface area contributed by atoms with E-state index in [9.17, 15) is 13.2 Å². The van der Waals surface area contributed by atoms with Gasteiger partial charge in [0.15, 0.2) is 0 Å². The lowest BCUT2D eigenvalue weighted by Crippen LogP contribution is -2.34. The molecule has 0 spiro atoms. The zero-order valence-corrected chi connectivity index (χ0v) is 10.8. The van der Waals surface area contributed by atoms with Crippen molar-refractivity contribution in [3.8, 4) is 5.88 Å². The van der Waals surface area contributed by atoms with Gasteiger partial charge in [-0.15, -0.1) is 0 Å². The summed E-state index contributed by atoms with van der Waals surface area (Å²) in [5.74, 6) is -1.31. The maximum Gasteiger partial charge on any atom is 0.451 e. The molecule has 2 heterocycles. The van der Waals surface area contributed by atoms with Crippen LogP contribution in [-0.2, 0) is 12.6 Å². The van der Waals surface area contributed by atoms with E-state index in [1.54, 1.807) is 0 Å². The van der Waals surface area contributed by atoms with Gasteiger partial charge in [-0.05, 0) is 25.9 Å². The monoisotopic (exact) mass is 291 g/mol. The molecule has 1 aromatic rings. The minimum atomic E-state index is -4.63. The van der Waals surface area contributed by atoms with Crippen molar-refractivity contribution in [2.75, 3.05) is 19.7 Å². The van der Waals surface area contributed by atoms with E-state index < -0.39 is 12.0 Å². The fraction of sp³-hybridized carbons (Fsp3) is 0.667. The van der Waals surface area contributed by atoms with Crippen molar-refractivity contribution in [3.63, 3.8) is 0 Å². The highest BCUT2D eigenvalue weighted by Gasteiger charge is 2.35. The number of aromatic nitrogens is 2. The highest BCUT2D eigenvalue weighted by Crippen LogP contribution is 2.28. The Morgan fingerprint density at radius 2 is 2.00 bits per heavy atom. The molecule has 0 saturated carbocycles. The molecule has 2 N–H and O–H groups in total. The third kappa shape index (κ3) is 4.04. The van der Waals surface area contributed by atoms with Gasteiger partial charge in [0.2, 0.25) is 11.7 Å². The first-order valence-corrected chi connectivity index (χ1v) is 6.42. The highest BCUT2D eigenvalue weighted by molar-refractivity contribution is 5.18. The molecule has 112 valence electrons. The van der Waals surface area contributed by atoms with Gasteiger partial charge in [-0.1, -0.05) is 0 Å². The molecule has 8 heteroatoms. The Morgan fingerprint density at radius 3 is 2.60 bits per heavy atom. The maximum absolute atomic E-state index is 12.7. The Labute approximate surface area is 114 Å². The van der Waals surface area contributed by atoms with Gasteiger partial charge in [0, 0.05) is 19.1 Å². The maximum atomic E-state index is 12.7. The standard InChI is InChI=1S/C12H16F3N3O2/c13-12(14,15)11-17-8(3-6-19)7-10(18-11)20-9-1-4-16-5-2-9/h7,9,16,19H,1-6H2. The van der Waals surface area contributed by atoms with Gasteiger partial charge < -0.3 is 15.2 Å². The van der Waals surface area contributed by atoms with E-state index in [0.717, 1.165) is 25.9 Å². The van der Waals surface area contributed by atoms with Gasteiger partial charge in [0.05, 0.1) is 5.69 Å². The summed E-state index contributed by atoms with van der Waals surface area (Å²) in [6.07, 6.45) is -3.29. The first kappa shape index (κ1) is 15.0. The second-order valence-corrected chi connectivity index (χ2v) is 4.56. The number of halogens is 3. The zero-order valence-electron chi connectivity index (χ0n) is 10.8. The molecule has 1 saturated heterocycles. The van der Waals surface area contributed by atoms with Crippen LogP contribution in [0.25, 0.3) is 0 Å². The fourth-order valence-electron chi connectivity index (χ4n) is 1.99. The molecule has 0 aromatic carbocycles. The molecule has 1 fully saturated rings. The van der Waals surface area contributed by atoms with Crippen LogP contribution in [0.15, 0.2) is 6.07 Å². The number of hydrogen-bond acceptors (Lipinski definition) is 5. The Hall–Kier alpha value is -1.41. The Morgan fingerprint density at radius 1 is 1.30 bits per heavy atom. The van der Waals surface area contributed by atoms with Crippen LogP contribution in [0.1, 0.15) is 24.4 Å². The normalized spacial score (nSPS) is 17.2. The highest BCUT2D eigenvalue weighted by atomic mass is 19.4. The molecule has 0 amide bonds. The van der Waals surface area contributed by atoms with Crippen molar-refractivity contribution in [2.45, 2.75) is 31.5 Å². The van der Waals surface area contributed by atoms with Crippen LogP contribution >= 0.6 is 0 Å². The van der Waals surface area contributed by atoms with Gasteiger partial charge in [-0.3, -0.25) is 0 Å². The Bertz CT molecular complexity index is 448. The van der Waals surface area contributed by atoms with Crippen LogP contribution in [0, 0.1) is 0 Å². The average Bonchev–Trinajstić information content (AvgIpc) is 2.39. The van der Waals surface area contributed by atoms with Crippen molar-refractivity contribution in [2.24, 2.45) is 0 Å². The van der Waals surface area contributed by atoms with E-state index in [2.05, 4.69) is 15.3 Å². The number of aliphatic hydroxyl groups is 1. The van der Waals surface area contributed by atoms with Crippen molar-refractivity contribution in [1.82, 2.24) is 15.3 Å². The molecule has 0 bridgehead atoms. The summed E-state index contributed by atoms with van der Waals surface area (Å²) >= 11 is 0. The number of ether oxygens (including phenoxy) is 1. The van der Waals surface area contributed by atoms with Gasteiger partial charge in [-0.2, -0.15) is 18.2 Å². The lowest BCUT2D eigenvalue weighted by molar-refractivity contribution is -0.145. The molecule has 0 radical (unpaired) electrons. The van der Waals surface area contributed by atoms with Crippen molar-refractivity contribution < 1.29 is 23.0 Å². The lowest BCUT2D eigenvalue weighted by atomic mass is 10.1. The predicted molar refractivity (Wildman–Crippen MR) is 64.3 cm³/mol. The van der Waals surface area contributed by atoms with Gasteiger partial charge in [0.1, 0.15) is 6.10 Å². The zero-order chi connectivity index (χ0) is 14.6. The molecule has 0 unspecified atom stereocenters. The van der Waals surface area contributed by atoms with Crippen LogP contribution in [0.2, 0.25) is 0 Å². The summed E-state index contributed by atoms with van der Waals surface area (Å²) in [5, 5.41) is 12.0. The topological polar surface area (TPSA) is 67.3 Å². The average molecular weight is 291 g/mol. The molecular weight excluding hydrogens is 275 g/mol. The van der Waals surface area contributed by atoms with Crippen LogP contribution < -0.4 is 10.1 Å².